The highest BCUT2D eigenvalue weighted by atomic mass is 15.1. The van der Waals surface area contributed by atoms with Crippen LogP contribution in [0.5, 0.6) is 0 Å². The van der Waals surface area contributed by atoms with Gasteiger partial charge in [0.05, 0.1) is 33.1 Å². The summed E-state index contributed by atoms with van der Waals surface area (Å²) in [5.41, 5.74) is 9.34. The van der Waals surface area contributed by atoms with Gasteiger partial charge in [-0.25, -0.2) is 9.97 Å². The standard InChI is InChI=1S/C46H28N4/c1-2-12-30-25-33(22-21-29(30)11-1)45-46(48-40-18-8-7-17-39(40)47-45)50-43-24-23-34(28-38(43)37-26-31-13-3-4-14-32(31)27-44(37)50)49-41-19-9-5-15-35(41)36-16-6-10-20-42(36)49/h1-28H. The van der Waals surface area contributed by atoms with Gasteiger partial charge in [-0.1, -0.05) is 109 Å². The van der Waals surface area contributed by atoms with Crippen LogP contribution in [0.2, 0.25) is 0 Å². The smallest absolute Gasteiger partial charge is 0.165 e. The van der Waals surface area contributed by atoms with Crippen LogP contribution in [-0.4, -0.2) is 19.1 Å². The molecule has 3 heterocycles. The van der Waals surface area contributed by atoms with Crippen LogP contribution in [0.15, 0.2) is 170 Å². The molecule has 0 atom stereocenters. The third kappa shape index (κ3) is 3.93. The van der Waals surface area contributed by atoms with Crippen LogP contribution in [0.4, 0.5) is 0 Å². The number of benzene rings is 8. The Bertz CT molecular complexity index is 3110. The van der Waals surface area contributed by atoms with Crippen molar-refractivity contribution >= 4 is 76.2 Å². The lowest BCUT2D eigenvalue weighted by Gasteiger charge is -2.15. The minimum Gasteiger partial charge on any atom is -0.309 e. The van der Waals surface area contributed by atoms with Crippen LogP contribution in [0.3, 0.4) is 0 Å². The third-order valence-electron chi connectivity index (χ3n) is 10.2. The number of rotatable bonds is 3. The number of hydrogen-bond acceptors (Lipinski definition) is 2. The second-order valence-corrected chi connectivity index (χ2v) is 13.1. The van der Waals surface area contributed by atoms with Crippen molar-refractivity contribution in [2.24, 2.45) is 0 Å². The van der Waals surface area contributed by atoms with E-state index in [-0.39, 0.29) is 0 Å². The van der Waals surface area contributed by atoms with Crippen LogP contribution >= 0.6 is 0 Å². The van der Waals surface area contributed by atoms with E-state index in [0.29, 0.717) is 0 Å². The fourth-order valence-electron chi connectivity index (χ4n) is 7.94. The maximum atomic E-state index is 5.40. The van der Waals surface area contributed by atoms with Crippen molar-refractivity contribution in [2.45, 2.75) is 0 Å². The quantitative estimate of drug-likeness (QED) is 0.193. The molecule has 0 radical (unpaired) electrons. The van der Waals surface area contributed by atoms with Crippen molar-refractivity contribution in [1.82, 2.24) is 19.1 Å². The van der Waals surface area contributed by atoms with E-state index in [0.717, 1.165) is 44.8 Å². The minimum atomic E-state index is 0.818. The maximum absolute atomic E-state index is 5.40. The van der Waals surface area contributed by atoms with Gasteiger partial charge in [-0.15, -0.1) is 0 Å². The first-order valence-corrected chi connectivity index (χ1v) is 17.0. The van der Waals surface area contributed by atoms with Crippen LogP contribution < -0.4 is 0 Å². The minimum absolute atomic E-state index is 0.818. The second kappa shape index (κ2) is 10.4. The van der Waals surface area contributed by atoms with E-state index in [1.54, 1.807) is 0 Å². The first kappa shape index (κ1) is 27.2. The molecule has 50 heavy (non-hydrogen) atoms. The first-order valence-electron chi connectivity index (χ1n) is 17.0. The summed E-state index contributed by atoms with van der Waals surface area (Å²) < 4.78 is 4.72. The Kier molecular flexibility index (Phi) is 5.63. The average Bonchev–Trinajstić information content (AvgIpc) is 3.68. The van der Waals surface area contributed by atoms with E-state index < -0.39 is 0 Å². The SMILES string of the molecule is c1ccc2cc(-c3nc4ccccc4nc3-n3c4ccc(-n5c6ccccc6c6ccccc65)cc4c4cc5ccccc5cc43)ccc2c1. The molecule has 4 heteroatoms. The lowest BCUT2D eigenvalue weighted by molar-refractivity contribution is 1.08. The van der Waals surface area contributed by atoms with Gasteiger partial charge in [-0.2, -0.15) is 0 Å². The summed E-state index contributed by atoms with van der Waals surface area (Å²) in [6.45, 7) is 0. The van der Waals surface area contributed by atoms with E-state index in [9.17, 15) is 0 Å². The van der Waals surface area contributed by atoms with Crippen molar-refractivity contribution in [2.75, 3.05) is 0 Å². The van der Waals surface area contributed by atoms with Crippen molar-refractivity contribution in [3.05, 3.63) is 170 Å². The van der Waals surface area contributed by atoms with Crippen molar-refractivity contribution in [1.29, 1.82) is 0 Å². The van der Waals surface area contributed by atoms with Crippen molar-refractivity contribution in [3.63, 3.8) is 0 Å². The summed E-state index contributed by atoms with van der Waals surface area (Å²) in [5.74, 6) is 0.818. The largest absolute Gasteiger partial charge is 0.309 e. The molecule has 0 saturated carbocycles. The van der Waals surface area contributed by atoms with Gasteiger partial charge in [0, 0.05) is 32.8 Å². The molecule has 0 fully saturated rings. The molecule has 0 aliphatic heterocycles. The Morgan fingerprint density at radius 2 is 0.900 bits per heavy atom. The van der Waals surface area contributed by atoms with Crippen molar-refractivity contribution in [3.8, 4) is 22.8 Å². The highest BCUT2D eigenvalue weighted by Gasteiger charge is 2.21. The summed E-state index contributed by atoms with van der Waals surface area (Å²) in [4.78, 5) is 10.7. The molecule has 0 spiro atoms. The molecule has 0 aliphatic carbocycles. The Morgan fingerprint density at radius 3 is 1.64 bits per heavy atom. The van der Waals surface area contributed by atoms with Crippen LogP contribution in [0, 0.1) is 0 Å². The number of hydrogen-bond donors (Lipinski definition) is 0. The van der Waals surface area contributed by atoms with Gasteiger partial charge in [0.25, 0.3) is 0 Å². The van der Waals surface area contributed by atoms with Gasteiger partial charge in [0.2, 0.25) is 0 Å². The lowest BCUT2D eigenvalue weighted by atomic mass is 10.0. The molecule has 4 nitrogen and oxygen atoms in total. The fraction of sp³-hybridized carbons (Fsp3) is 0. The zero-order valence-corrected chi connectivity index (χ0v) is 27.0. The van der Waals surface area contributed by atoms with Crippen LogP contribution in [-0.2, 0) is 0 Å². The fourth-order valence-corrected chi connectivity index (χ4v) is 7.94. The molecular formula is C46H28N4. The Labute approximate surface area is 287 Å². The molecule has 0 aliphatic rings. The summed E-state index contributed by atoms with van der Waals surface area (Å²) in [5, 5.41) is 9.63. The third-order valence-corrected chi connectivity index (χ3v) is 10.2. The van der Waals surface area contributed by atoms with E-state index in [4.69, 9.17) is 9.97 Å². The molecule has 0 unspecified atom stereocenters. The molecule has 0 bridgehead atoms. The van der Waals surface area contributed by atoms with Gasteiger partial charge in [0.1, 0.15) is 5.69 Å². The number of para-hydroxylation sites is 4. The summed E-state index contributed by atoms with van der Waals surface area (Å²) in [6, 6.07) is 60.8. The predicted molar refractivity (Wildman–Crippen MR) is 209 cm³/mol. The zero-order valence-electron chi connectivity index (χ0n) is 27.0. The second-order valence-electron chi connectivity index (χ2n) is 13.1. The molecule has 0 amide bonds. The Hall–Kier alpha value is -6.78. The van der Waals surface area contributed by atoms with Gasteiger partial charge in [-0.05, 0) is 82.2 Å². The number of fused-ring (bicyclic) bond motifs is 9. The normalized spacial score (nSPS) is 12.0. The molecule has 0 saturated heterocycles. The van der Waals surface area contributed by atoms with Crippen molar-refractivity contribution < 1.29 is 0 Å². The molecule has 8 aromatic carbocycles. The van der Waals surface area contributed by atoms with E-state index in [1.807, 2.05) is 18.2 Å². The predicted octanol–water partition coefficient (Wildman–Crippen LogP) is 11.8. The van der Waals surface area contributed by atoms with Gasteiger partial charge in [0.15, 0.2) is 5.82 Å². The topological polar surface area (TPSA) is 35.6 Å². The molecule has 0 N–H and O–H groups in total. The summed E-state index contributed by atoms with van der Waals surface area (Å²) in [7, 11) is 0. The van der Waals surface area contributed by atoms with Gasteiger partial charge in [-0.3, -0.25) is 4.57 Å². The number of nitrogens with zero attached hydrogens (tertiary/aromatic N) is 4. The van der Waals surface area contributed by atoms with Crippen LogP contribution in [0.25, 0.3) is 99.0 Å². The molecule has 3 aromatic heterocycles. The molecule has 11 aromatic rings. The lowest BCUT2D eigenvalue weighted by Crippen LogP contribution is -2.04. The maximum Gasteiger partial charge on any atom is 0.165 e. The average molecular weight is 637 g/mol. The number of aromatic nitrogens is 4. The Balaban J connectivity index is 1.26. The highest BCUT2D eigenvalue weighted by molar-refractivity contribution is 6.15. The first-order chi connectivity index (χ1) is 24.8. The van der Waals surface area contributed by atoms with Gasteiger partial charge < -0.3 is 4.57 Å². The molecule has 232 valence electrons. The summed E-state index contributed by atoms with van der Waals surface area (Å²) >= 11 is 0. The Morgan fingerprint density at radius 1 is 0.340 bits per heavy atom. The van der Waals surface area contributed by atoms with E-state index in [1.165, 1.54) is 54.1 Å². The van der Waals surface area contributed by atoms with E-state index >= 15 is 0 Å². The molecular weight excluding hydrogens is 609 g/mol. The zero-order chi connectivity index (χ0) is 32.8. The highest BCUT2D eigenvalue weighted by Crippen LogP contribution is 2.40. The summed E-state index contributed by atoms with van der Waals surface area (Å²) in [6.07, 6.45) is 0. The van der Waals surface area contributed by atoms with E-state index in [2.05, 4.69) is 161 Å². The van der Waals surface area contributed by atoms with Crippen LogP contribution in [0.1, 0.15) is 0 Å². The molecule has 11 rings (SSSR count). The van der Waals surface area contributed by atoms with Gasteiger partial charge >= 0.3 is 0 Å². The monoisotopic (exact) mass is 636 g/mol.